The number of aromatic nitrogens is 2. The van der Waals surface area contributed by atoms with Gasteiger partial charge in [-0.15, -0.1) is 0 Å². The molecular weight excluding hydrogens is 1070 g/mol. The lowest BCUT2D eigenvalue weighted by atomic mass is 9.85. The van der Waals surface area contributed by atoms with Crippen LogP contribution < -0.4 is 60.4 Å². The summed E-state index contributed by atoms with van der Waals surface area (Å²) >= 11 is 0. The Morgan fingerprint density at radius 3 is 2.04 bits per heavy atom. The lowest BCUT2D eigenvalue weighted by Crippen LogP contribution is -2.57. The fourth-order valence-corrected chi connectivity index (χ4v) is 9.85. The molecule has 2 aromatic heterocycles. The number of guanidine groups is 2. The number of rotatable bonds is 31. The number of para-hydroxylation sites is 1. The van der Waals surface area contributed by atoms with Gasteiger partial charge in [0, 0.05) is 67.3 Å². The molecule has 3 aromatic rings. The van der Waals surface area contributed by atoms with Crippen molar-refractivity contribution in [3.8, 4) is 11.4 Å². The van der Waals surface area contributed by atoms with Crippen molar-refractivity contribution >= 4 is 76.1 Å². The van der Waals surface area contributed by atoms with Crippen molar-refractivity contribution in [2.24, 2.45) is 38.8 Å². The number of amides is 7. The largest absolute Gasteiger partial charge is 0.457 e. The number of aliphatic imine (C=N–C) groups is 2. The van der Waals surface area contributed by atoms with Gasteiger partial charge < -0.3 is 68.9 Å². The molecule has 0 bridgehead atoms. The molecule has 27 heteroatoms. The number of benzene rings is 1. The van der Waals surface area contributed by atoms with Crippen LogP contribution in [0.5, 0.6) is 0 Å². The maximum atomic E-state index is 14.0. The zero-order chi connectivity index (χ0) is 60.5. The van der Waals surface area contributed by atoms with Crippen molar-refractivity contribution < 1.29 is 52.6 Å². The molecule has 0 saturated carbocycles. The molecule has 83 heavy (non-hydrogen) atoms. The van der Waals surface area contributed by atoms with E-state index < -0.39 is 94.7 Å². The van der Waals surface area contributed by atoms with Crippen molar-refractivity contribution in [1.82, 2.24) is 46.4 Å². The summed E-state index contributed by atoms with van der Waals surface area (Å²) < 4.78 is 13.1. The van der Waals surface area contributed by atoms with Crippen molar-refractivity contribution in [2.75, 3.05) is 32.7 Å². The second-order valence-electron chi connectivity index (χ2n) is 21.0. The maximum Gasteiger partial charge on any atom is 0.355 e. The summed E-state index contributed by atoms with van der Waals surface area (Å²) in [6, 6.07) is 5.92. The minimum absolute atomic E-state index is 0.0279. The summed E-state index contributed by atoms with van der Waals surface area (Å²) in [6.45, 7) is 8.59. The van der Waals surface area contributed by atoms with E-state index in [9.17, 15) is 47.9 Å². The Balaban J connectivity index is 1.03. The van der Waals surface area contributed by atoms with Gasteiger partial charge >= 0.3 is 11.9 Å². The zero-order valence-electron chi connectivity index (χ0n) is 47.5. The first-order valence-corrected chi connectivity index (χ1v) is 28.0. The Kier molecular flexibility index (Phi) is 22.4. The van der Waals surface area contributed by atoms with E-state index in [0.717, 1.165) is 21.4 Å². The molecule has 0 spiro atoms. The van der Waals surface area contributed by atoms with Crippen LogP contribution in [0.2, 0.25) is 0 Å². The number of fused-ring (bicyclic) bond motifs is 5. The van der Waals surface area contributed by atoms with Gasteiger partial charge in [-0.2, -0.15) is 0 Å². The molecule has 14 N–H and O–H groups in total. The number of carbonyl (C=O) groups excluding carboxylic acids is 9. The lowest BCUT2D eigenvalue weighted by Gasteiger charge is -2.36. The van der Waals surface area contributed by atoms with Crippen molar-refractivity contribution in [1.29, 1.82) is 0 Å². The van der Waals surface area contributed by atoms with Gasteiger partial charge in [0.25, 0.3) is 17.4 Å². The highest BCUT2D eigenvalue weighted by atomic mass is 16.6. The van der Waals surface area contributed by atoms with E-state index in [0.29, 0.717) is 30.7 Å². The quantitative estimate of drug-likeness (QED) is 0.00981. The Labute approximate surface area is 479 Å². The van der Waals surface area contributed by atoms with E-state index in [1.54, 1.807) is 24.5 Å². The number of esters is 2. The number of imide groups is 1. The summed E-state index contributed by atoms with van der Waals surface area (Å²) in [7, 11) is 0. The van der Waals surface area contributed by atoms with Crippen LogP contribution in [-0.2, 0) is 71.4 Å². The first-order valence-electron chi connectivity index (χ1n) is 28.0. The molecule has 7 amide bonds. The highest BCUT2D eigenvalue weighted by Gasteiger charge is 2.51. The smallest absolute Gasteiger partial charge is 0.355 e. The first-order chi connectivity index (χ1) is 39.6. The van der Waals surface area contributed by atoms with Gasteiger partial charge in [0.1, 0.15) is 30.8 Å². The third-order valence-corrected chi connectivity index (χ3v) is 14.6. The molecule has 0 radical (unpaired) electrons. The van der Waals surface area contributed by atoms with Gasteiger partial charge in [0.15, 0.2) is 11.9 Å². The zero-order valence-corrected chi connectivity index (χ0v) is 47.5. The second kappa shape index (κ2) is 29.3. The third kappa shape index (κ3) is 16.5. The molecule has 0 saturated heterocycles. The van der Waals surface area contributed by atoms with Crippen LogP contribution in [0.25, 0.3) is 22.3 Å². The van der Waals surface area contributed by atoms with Crippen LogP contribution in [-0.4, -0.2) is 143 Å². The number of nitrogens with zero attached hydrogens (tertiary/aromatic N) is 5. The van der Waals surface area contributed by atoms with E-state index in [1.165, 1.54) is 19.1 Å². The average Bonchev–Trinajstić information content (AvgIpc) is 2.04. The minimum atomic E-state index is -2.00. The molecule has 1 aromatic carbocycles. The maximum absolute atomic E-state index is 14.0. The third-order valence-electron chi connectivity index (χ3n) is 14.6. The first kappa shape index (κ1) is 63.4. The van der Waals surface area contributed by atoms with Crippen LogP contribution >= 0.6 is 0 Å². The molecule has 5 unspecified atom stereocenters. The molecule has 6 atom stereocenters. The number of nitrogens with one attached hydrogen (secondary N) is 6. The Morgan fingerprint density at radius 2 is 1.40 bits per heavy atom. The Hall–Kier alpha value is -8.75. The van der Waals surface area contributed by atoms with Crippen LogP contribution in [0.1, 0.15) is 116 Å². The van der Waals surface area contributed by atoms with E-state index in [4.69, 9.17) is 37.4 Å². The fourth-order valence-electron chi connectivity index (χ4n) is 9.85. The number of ether oxygens (including phenoxy) is 2. The second-order valence-corrected chi connectivity index (χ2v) is 21.0. The molecule has 0 aliphatic carbocycles. The molecule has 448 valence electrons. The molecule has 0 fully saturated rings. The van der Waals surface area contributed by atoms with Crippen LogP contribution in [0, 0.1) is 5.92 Å². The van der Waals surface area contributed by atoms with Gasteiger partial charge in [-0.25, -0.2) is 14.6 Å². The van der Waals surface area contributed by atoms with E-state index in [1.807, 2.05) is 44.2 Å². The predicted molar refractivity (Wildman–Crippen MR) is 306 cm³/mol. The van der Waals surface area contributed by atoms with Gasteiger partial charge in [-0.3, -0.25) is 53.2 Å². The number of hydrogen-bond acceptors (Lipinski definition) is 16. The van der Waals surface area contributed by atoms with Crippen LogP contribution in [0.4, 0.5) is 0 Å². The van der Waals surface area contributed by atoms with Crippen molar-refractivity contribution in [3.63, 3.8) is 0 Å². The van der Waals surface area contributed by atoms with Gasteiger partial charge in [-0.1, -0.05) is 52.3 Å². The highest BCUT2D eigenvalue weighted by molar-refractivity contribution is 6.12. The summed E-state index contributed by atoms with van der Waals surface area (Å²) in [5, 5.41) is 17.6. The molecule has 5 heterocycles. The van der Waals surface area contributed by atoms with Crippen LogP contribution in [0.3, 0.4) is 0 Å². The summed E-state index contributed by atoms with van der Waals surface area (Å²) in [4.78, 5) is 147. The fraction of sp³-hybridized carbons (Fsp3) is 0.518. The number of nitrogens with two attached hydrogens (primary N) is 4. The van der Waals surface area contributed by atoms with Gasteiger partial charge in [-0.05, 0) is 82.4 Å². The number of carbonyl (C=O) groups is 9. The van der Waals surface area contributed by atoms with Crippen LogP contribution in [0.15, 0.2) is 63.3 Å². The highest BCUT2D eigenvalue weighted by Crippen LogP contribution is 2.41. The molecule has 3 aliphatic rings. The Bertz CT molecular complexity index is 3080. The SMILES string of the molecule is CCC(NC(=O)CNCC(NC(=O)C(C)NC(=O)C(CCCN=C(N)N)NC(=O)C(CCCN=C(N)N)NC(=O)CCCCCN1C(=O)C=CC1=O)C(C)C)C(=O)O[C@]1(CC)C(=O)OCc2c1cc1n(c2=O)Cc2cc3ccccc3nc2-1. The normalized spacial score (nSPS) is 16.7. The number of unbranched alkanes of at least 4 members (excludes halogenated alkanes) is 2. The predicted octanol–water partition coefficient (Wildman–Crippen LogP) is -0.677. The summed E-state index contributed by atoms with van der Waals surface area (Å²) in [5.74, 6) is -6.14. The molecular formula is C56H77N15O12. The average molecular weight is 1150 g/mol. The van der Waals surface area contributed by atoms with Crippen molar-refractivity contribution in [3.05, 3.63) is 75.6 Å². The topological polar surface area (TPSA) is 411 Å². The molecule has 27 nitrogen and oxygen atoms in total. The standard InChI is InChI=1S/C56H77N15O12/c1-6-37(52(80)83-56(7-2)36-26-42-47-34(25-33-15-10-11-16-38(33)67-47)29-71(42)51(79)35(36)30-82-53(56)81)65-44(73)28-61-27-41(31(3)4)69-48(76)32(5)64-49(77)40(18-14-23-63-55(59)60)68-50(78)39(17-13-22-62-54(57)58)66-43(72)19-9-8-12-24-70-45(74)20-21-46(70)75/h10-11,15-16,20-21,25-26,31-32,37,39-41,61H,6-9,12-14,17-19,22-24,27-30H2,1-5H3,(H,64,77)(H,65,73)(H,66,72)(H,68,78)(H,69,76)(H4,57,58,62)(H4,59,60,63)/t32?,37?,39?,40?,41?,56-/m0/s1. The minimum Gasteiger partial charge on any atom is -0.457 e. The molecule has 6 rings (SSSR count). The monoisotopic (exact) mass is 1150 g/mol. The van der Waals surface area contributed by atoms with E-state index >= 15 is 0 Å². The lowest BCUT2D eigenvalue weighted by molar-refractivity contribution is -0.190. The number of cyclic esters (lactones) is 1. The van der Waals surface area contributed by atoms with Crippen molar-refractivity contribution in [2.45, 2.75) is 148 Å². The van der Waals surface area contributed by atoms with Gasteiger partial charge in [0.05, 0.1) is 35.6 Å². The Morgan fingerprint density at radius 1 is 0.759 bits per heavy atom. The number of hydrogen-bond donors (Lipinski definition) is 10. The number of pyridine rings is 2. The van der Waals surface area contributed by atoms with Gasteiger partial charge in [0.2, 0.25) is 35.1 Å². The van der Waals surface area contributed by atoms with E-state index in [-0.39, 0.29) is 120 Å². The van der Waals surface area contributed by atoms with E-state index in [2.05, 4.69) is 41.9 Å². The summed E-state index contributed by atoms with van der Waals surface area (Å²) in [5.41, 5.74) is 22.5. The molecule has 3 aliphatic heterocycles. The summed E-state index contributed by atoms with van der Waals surface area (Å²) in [6.07, 6.45) is 4.44.